The zero-order chi connectivity index (χ0) is 11.1. The zero-order valence-electron chi connectivity index (χ0n) is 8.41. The Bertz CT molecular complexity index is 442. The summed E-state index contributed by atoms with van der Waals surface area (Å²) in [5.41, 5.74) is 7.03. The van der Waals surface area contributed by atoms with Crippen molar-refractivity contribution in [1.29, 1.82) is 0 Å². The van der Waals surface area contributed by atoms with E-state index in [1.807, 2.05) is 0 Å². The van der Waals surface area contributed by atoms with Crippen LogP contribution >= 0.6 is 0 Å². The lowest BCUT2D eigenvalue weighted by Gasteiger charge is -2.33. The fraction of sp³-hybridized carbons (Fsp3) is 0.182. The molecule has 0 spiro atoms. The number of nitrogen functional groups attached to an aromatic ring is 1. The monoisotopic (exact) mass is 204 g/mol. The summed E-state index contributed by atoms with van der Waals surface area (Å²) in [5.74, 6) is 0. The molecule has 1 amide bonds. The predicted molar refractivity (Wildman–Crippen MR) is 58.5 cm³/mol. The quantitative estimate of drug-likeness (QED) is 0.544. The first kappa shape index (κ1) is 9.58. The van der Waals surface area contributed by atoms with E-state index in [9.17, 15) is 4.79 Å². The fourth-order valence-electron chi connectivity index (χ4n) is 1.62. The lowest BCUT2D eigenvalue weighted by atomic mass is 9.92. The van der Waals surface area contributed by atoms with Gasteiger partial charge in [-0.1, -0.05) is 6.58 Å². The van der Waals surface area contributed by atoms with Crippen molar-refractivity contribution in [2.75, 3.05) is 11.1 Å². The van der Waals surface area contributed by atoms with Crippen LogP contribution in [0.25, 0.3) is 0 Å². The number of carbonyl (C=O) groups is 1. The number of amides is 1. The van der Waals surface area contributed by atoms with Crippen molar-refractivity contribution >= 4 is 17.5 Å². The summed E-state index contributed by atoms with van der Waals surface area (Å²) in [6.07, 6.45) is 1.11. The number of hydrogen-bond acceptors (Lipinski definition) is 3. The molecule has 1 unspecified atom stereocenters. The van der Waals surface area contributed by atoms with Crippen molar-refractivity contribution in [1.82, 2.24) is 0 Å². The Labute approximate surface area is 87.7 Å². The highest BCUT2D eigenvalue weighted by Gasteiger charge is 2.34. The second kappa shape index (κ2) is 3.02. The second-order valence-electron chi connectivity index (χ2n) is 3.63. The molecule has 1 heterocycles. The second-order valence-corrected chi connectivity index (χ2v) is 3.63. The first-order valence-corrected chi connectivity index (χ1v) is 4.59. The van der Waals surface area contributed by atoms with E-state index < -0.39 is 11.7 Å². The number of nitrogens with one attached hydrogen (secondary N) is 1. The van der Waals surface area contributed by atoms with Crippen LogP contribution < -0.4 is 11.1 Å². The number of benzene rings is 1. The normalized spacial score (nSPS) is 23.7. The molecule has 1 aliphatic heterocycles. The van der Waals surface area contributed by atoms with E-state index in [-0.39, 0.29) is 0 Å². The van der Waals surface area contributed by atoms with Crippen molar-refractivity contribution < 1.29 is 9.53 Å². The van der Waals surface area contributed by atoms with Gasteiger partial charge in [0.05, 0.1) is 5.69 Å². The van der Waals surface area contributed by atoms with E-state index in [4.69, 9.17) is 10.5 Å². The SMILES string of the molecule is C=CC1(C)OC(=O)Nc2ccc(N)cc21. The van der Waals surface area contributed by atoms with Crippen LogP contribution in [0.1, 0.15) is 12.5 Å². The lowest BCUT2D eigenvalue weighted by Crippen LogP contribution is -2.35. The van der Waals surface area contributed by atoms with Crippen molar-refractivity contribution in [3.63, 3.8) is 0 Å². The van der Waals surface area contributed by atoms with Crippen LogP contribution in [0.4, 0.5) is 16.2 Å². The molecule has 3 N–H and O–H groups in total. The summed E-state index contributed by atoms with van der Waals surface area (Å²) < 4.78 is 5.18. The Morgan fingerprint density at radius 3 is 3.00 bits per heavy atom. The summed E-state index contributed by atoms with van der Waals surface area (Å²) in [6.45, 7) is 5.45. The first-order chi connectivity index (χ1) is 7.05. The molecule has 4 nitrogen and oxygen atoms in total. The molecule has 4 heteroatoms. The molecule has 1 aromatic rings. The van der Waals surface area contributed by atoms with Gasteiger partial charge in [-0.3, -0.25) is 5.32 Å². The Kier molecular flexibility index (Phi) is 1.93. The van der Waals surface area contributed by atoms with Gasteiger partial charge in [0.2, 0.25) is 0 Å². The summed E-state index contributed by atoms with van der Waals surface area (Å²) in [6, 6.07) is 5.26. The topological polar surface area (TPSA) is 64.3 Å². The smallest absolute Gasteiger partial charge is 0.412 e. The molecule has 1 atom stereocenters. The van der Waals surface area contributed by atoms with Crippen molar-refractivity contribution in [3.05, 3.63) is 36.4 Å². The first-order valence-electron chi connectivity index (χ1n) is 4.59. The van der Waals surface area contributed by atoms with Gasteiger partial charge in [0.15, 0.2) is 5.60 Å². The van der Waals surface area contributed by atoms with E-state index in [2.05, 4.69) is 11.9 Å². The standard InChI is InChI=1S/C11H12N2O2/c1-3-11(2)8-6-7(12)4-5-9(8)13-10(14)15-11/h3-6H,1,12H2,2H3,(H,13,14). The highest BCUT2D eigenvalue weighted by Crippen LogP contribution is 2.37. The minimum absolute atomic E-state index is 0.477. The Balaban J connectivity index is 2.62. The molecule has 2 rings (SSSR count). The Morgan fingerprint density at radius 2 is 2.33 bits per heavy atom. The summed E-state index contributed by atoms with van der Waals surface area (Å²) in [4.78, 5) is 11.3. The number of nitrogens with two attached hydrogens (primary N) is 1. The van der Waals surface area contributed by atoms with E-state index in [1.54, 1.807) is 31.2 Å². The molecule has 0 bridgehead atoms. The van der Waals surface area contributed by atoms with Crippen LogP contribution in [0, 0.1) is 0 Å². The number of cyclic esters (lactones) is 1. The molecule has 0 aromatic heterocycles. The molecule has 0 radical (unpaired) electrons. The van der Waals surface area contributed by atoms with Gasteiger partial charge in [-0.25, -0.2) is 4.79 Å². The van der Waals surface area contributed by atoms with Crippen LogP contribution in [0.5, 0.6) is 0 Å². The Hall–Kier alpha value is -1.97. The average molecular weight is 204 g/mol. The minimum Gasteiger partial charge on any atom is -0.434 e. The lowest BCUT2D eigenvalue weighted by molar-refractivity contribution is 0.0647. The van der Waals surface area contributed by atoms with Crippen LogP contribution in [-0.4, -0.2) is 6.09 Å². The van der Waals surface area contributed by atoms with Gasteiger partial charge in [-0.15, -0.1) is 0 Å². The van der Waals surface area contributed by atoms with Gasteiger partial charge in [0.25, 0.3) is 0 Å². The maximum Gasteiger partial charge on any atom is 0.412 e. The number of carbonyl (C=O) groups excluding carboxylic acids is 1. The highest BCUT2D eigenvalue weighted by molar-refractivity contribution is 5.89. The molecule has 78 valence electrons. The molecule has 1 aliphatic rings. The summed E-state index contributed by atoms with van der Waals surface area (Å²) in [5, 5.41) is 2.61. The van der Waals surface area contributed by atoms with Crippen molar-refractivity contribution in [3.8, 4) is 0 Å². The number of rotatable bonds is 1. The van der Waals surface area contributed by atoms with Crippen molar-refractivity contribution in [2.24, 2.45) is 0 Å². The molecule has 0 saturated heterocycles. The largest absolute Gasteiger partial charge is 0.434 e. The van der Waals surface area contributed by atoms with Crippen LogP contribution in [0.15, 0.2) is 30.9 Å². The molecule has 0 aliphatic carbocycles. The van der Waals surface area contributed by atoms with Gasteiger partial charge in [0.1, 0.15) is 0 Å². The van der Waals surface area contributed by atoms with E-state index >= 15 is 0 Å². The van der Waals surface area contributed by atoms with E-state index in [1.165, 1.54) is 0 Å². The summed E-state index contributed by atoms with van der Waals surface area (Å²) >= 11 is 0. The predicted octanol–water partition coefficient (Wildman–Crippen LogP) is 2.23. The van der Waals surface area contributed by atoms with Gasteiger partial charge < -0.3 is 10.5 Å². The zero-order valence-corrected chi connectivity index (χ0v) is 8.41. The molecular formula is C11H12N2O2. The number of fused-ring (bicyclic) bond motifs is 1. The molecular weight excluding hydrogens is 192 g/mol. The van der Waals surface area contributed by atoms with Gasteiger partial charge in [-0.05, 0) is 31.2 Å². The van der Waals surface area contributed by atoms with Gasteiger partial charge in [-0.2, -0.15) is 0 Å². The molecule has 0 saturated carbocycles. The number of ether oxygens (including phenoxy) is 1. The minimum atomic E-state index is -0.812. The number of hydrogen-bond donors (Lipinski definition) is 2. The third-order valence-electron chi connectivity index (χ3n) is 2.51. The molecule has 0 fully saturated rings. The maximum absolute atomic E-state index is 11.3. The Morgan fingerprint density at radius 1 is 1.60 bits per heavy atom. The van der Waals surface area contributed by atoms with Crippen LogP contribution in [-0.2, 0) is 10.3 Å². The third-order valence-corrected chi connectivity index (χ3v) is 2.51. The number of anilines is 2. The molecule has 1 aromatic carbocycles. The third kappa shape index (κ3) is 1.44. The summed E-state index contributed by atoms with van der Waals surface area (Å²) in [7, 11) is 0. The van der Waals surface area contributed by atoms with Crippen molar-refractivity contribution in [2.45, 2.75) is 12.5 Å². The van der Waals surface area contributed by atoms with Gasteiger partial charge in [0, 0.05) is 11.3 Å². The average Bonchev–Trinajstić information content (AvgIpc) is 2.19. The fourth-order valence-corrected chi connectivity index (χ4v) is 1.62. The van der Waals surface area contributed by atoms with Crippen LogP contribution in [0.3, 0.4) is 0 Å². The van der Waals surface area contributed by atoms with E-state index in [0.29, 0.717) is 11.4 Å². The van der Waals surface area contributed by atoms with Gasteiger partial charge >= 0.3 is 6.09 Å². The van der Waals surface area contributed by atoms with Crippen LogP contribution in [0.2, 0.25) is 0 Å². The highest BCUT2D eigenvalue weighted by atomic mass is 16.6. The van der Waals surface area contributed by atoms with E-state index in [0.717, 1.165) is 5.56 Å². The maximum atomic E-state index is 11.3. The molecule has 15 heavy (non-hydrogen) atoms.